The van der Waals surface area contributed by atoms with E-state index in [1.54, 1.807) is 18.2 Å². The van der Waals surface area contributed by atoms with Gasteiger partial charge in [-0.2, -0.15) is 22.5 Å². The Kier molecular flexibility index (Phi) is 6.51. The summed E-state index contributed by atoms with van der Waals surface area (Å²) in [6.45, 7) is 3.58. The van der Waals surface area contributed by atoms with E-state index in [2.05, 4.69) is 10.3 Å². The van der Waals surface area contributed by atoms with E-state index in [1.807, 2.05) is 6.92 Å². The van der Waals surface area contributed by atoms with Gasteiger partial charge in [0.05, 0.1) is 19.8 Å². The molecule has 0 fully saturated rings. The first-order chi connectivity index (χ1) is 11.5. The van der Waals surface area contributed by atoms with Gasteiger partial charge in [-0.05, 0) is 24.6 Å². The van der Waals surface area contributed by atoms with Crippen molar-refractivity contribution in [3.63, 3.8) is 0 Å². The van der Waals surface area contributed by atoms with Gasteiger partial charge in [0.15, 0.2) is 0 Å². The molecule has 130 valence electrons. The van der Waals surface area contributed by atoms with Crippen molar-refractivity contribution in [3.05, 3.63) is 53.4 Å². The van der Waals surface area contributed by atoms with E-state index in [9.17, 15) is 17.6 Å². The predicted molar refractivity (Wildman–Crippen MR) is 79.9 cm³/mol. The molecule has 1 N–H and O–H groups in total. The van der Waals surface area contributed by atoms with E-state index in [-0.39, 0.29) is 12.3 Å². The zero-order valence-electron chi connectivity index (χ0n) is 12.9. The number of aromatic nitrogens is 1. The molecule has 0 aliphatic heterocycles. The van der Waals surface area contributed by atoms with Crippen molar-refractivity contribution in [1.29, 1.82) is 0 Å². The maximum atomic E-state index is 13.6. The highest BCUT2D eigenvalue weighted by Crippen LogP contribution is 2.26. The van der Waals surface area contributed by atoms with Gasteiger partial charge in [-0.25, -0.2) is 0 Å². The molecule has 0 aliphatic rings. The third-order valence-corrected chi connectivity index (χ3v) is 3.04. The highest BCUT2D eigenvalue weighted by molar-refractivity contribution is 5.61. The summed E-state index contributed by atoms with van der Waals surface area (Å²) >= 11 is 0. The van der Waals surface area contributed by atoms with Crippen LogP contribution < -0.4 is 5.32 Å². The van der Waals surface area contributed by atoms with Crippen LogP contribution in [0.1, 0.15) is 12.5 Å². The molecule has 0 amide bonds. The Labute approximate surface area is 136 Å². The minimum atomic E-state index is -1.72. The number of nitrogens with zero attached hydrogens (tertiary/aromatic N) is 1. The zero-order valence-corrected chi connectivity index (χ0v) is 12.9. The smallest absolute Gasteiger partial charge is 0.253 e. The SMILES string of the molecule is CCOCCOCc1cccc(Nc2c(F)c(F)nc(F)c2F)c1. The van der Waals surface area contributed by atoms with Crippen molar-refractivity contribution in [2.45, 2.75) is 13.5 Å². The molecule has 2 rings (SSSR count). The van der Waals surface area contributed by atoms with Crippen molar-refractivity contribution in [2.24, 2.45) is 0 Å². The van der Waals surface area contributed by atoms with E-state index in [1.165, 1.54) is 6.07 Å². The van der Waals surface area contributed by atoms with Crippen LogP contribution >= 0.6 is 0 Å². The van der Waals surface area contributed by atoms with Crippen LogP contribution in [0.4, 0.5) is 28.9 Å². The lowest BCUT2D eigenvalue weighted by molar-refractivity contribution is 0.0453. The summed E-state index contributed by atoms with van der Waals surface area (Å²) in [5.74, 6) is -6.61. The van der Waals surface area contributed by atoms with Crippen LogP contribution in [-0.4, -0.2) is 24.8 Å². The molecule has 1 aromatic heterocycles. The molecule has 4 nitrogen and oxygen atoms in total. The zero-order chi connectivity index (χ0) is 17.5. The first-order valence-corrected chi connectivity index (χ1v) is 7.24. The maximum Gasteiger partial charge on any atom is 0.253 e. The molecular formula is C16H16F4N2O2. The summed E-state index contributed by atoms with van der Waals surface area (Å²) in [6, 6.07) is 6.41. The molecule has 0 saturated heterocycles. The average molecular weight is 344 g/mol. The Morgan fingerprint density at radius 3 is 2.33 bits per heavy atom. The third-order valence-electron chi connectivity index (χ3n) is 3.04. The molecule has 0 radical (unpaired) electrons. The van der Waals surface area contributed by atoms with Crippen LogP contribution in [0.5, 0.6) is 0 Å². The fourth-order valence-electron chi connectivity index (χ4n) is 1.93. The summed E-state index contributed by atoms with van der Waals surface area (Å²) in [6.07, 6.45) is 0. The van der Waals surface area contributed by atoms with Gasteiger partial charge in [0.1, 0.15) is 5.69 Å². The number of anilines is 2. The van der Waals surface area contributed by atoms with E-state index >= 15 is 0 Å². The number of hydrogen-bond donors (Lipinski definition) is 1. The Balaban J connectivity index is 2.07. The Hall–Kier alpha value is -2.19. The first-order valence-electron chi connectivity index (χ1n) is 7.24. The summed E-state index contributed by atoms with van der Waals surface area (Å²) in [7, 11) is 0. The molecule has 0 aliphatic carbocycles. The van der Waals surface area contributed by atoms with Crippen molar-refractivity contribution in [1.82, 2.24) is 4.98 Å². The maximum absolute atomic E-state index is 13.6. The summed E-state index contributed by atoms with van der Waals surface area (Å²) in [5, 5.41) is 2.32. The van der Waals surface area contributed by atoms with Crippen molar-refractivity contribution in [3.8, 4) is 0 Å². The van der Waals surface area contributed by atoms with Crippen LogP contribution in [0.25, 0.3) is 0 Å². The van der Waals surface area contributed by atoms with Gasteiger partial charge in [-0.1, -0.05) is 12.1 Å². The van der Waals surface area contributed by atoms with E-state index in [0.717, 1.165) is 0 Å². The molecule has 1 heterocycles. The normalized spacial score (nSPS) is 10.9. The minimum Gasteiger partial charge on any atom is -0.379 e. The lowest BCUT2D eigenvalue weighted by Gasteiger charge is -2.11. The summed E-state index contributed by atoms with van der Waals surface area (Å²) in [5.41, 5.74) is 0.0328. The fourth-order valence-corrected chi connectivity index (χ4v) is 1.93. The molecular weight excluding hydrogens is 328 g/mol. The second-order valence-electron chi connectivity index (χ2n) is 4.77. The number of pyridine rings is 1. The lowest BCUT2D eigenvalue weighted by atomic mass is 10.2. The molecule has 2 aromatic rings. The number of benzene rings is 1. The van der Waals surface area contributed by atoms with Crippen LogP contribution in [0.15, 0.2) is 24.3 Å². The quantitative estimate of drug-likeness (QED) is 0.448. The van der Waals surface area contributed by atoms with Crippen molar-refractivity contribution < 1.29 is 27.0 Å². The summed E-state index contributed by atoms with van der Waals surface area (Å²) in [4.78, 5) is 2.50. The minimum absolute atomic E-state index is 0.253. The van der Waals surface area contributed by atoms with Crippen LogP contribution in [0.2, 0.25) is 0 Å². The molecule has 1 aromatic carbocycles. The average Bonchev–Trinajstić information content (AvgIpc) is 2.57. The molecule has 0 bridgehead atoms. The molecule has 0 spiro atoms. The van der Waals surface area contributed by atoms with Crippen LogP contribution in [0, 0.1) is 23.5 Å². The van der Waals surface area contributed by atoms with E-state index in [0.29, 0.717) is 25.4 Å². The molecule has 0 unspecified atom stereocenters. The number of ether oxygens (including phenoxy) is 2. The van der Waals surface area contributed by atoms with Gasteiger partial charge in [-0.3, -0.25) is 0 Å². The van der Waals surface area contributed by atoms with E-state index < -0.39 is 29.2 Å². The summed E-state index contributed by atoms with van der Waals surface area (Å²) < 4.78 is 63.9. The number of hydrogen-bond acceptors (Lipinski definition) is 4. The van der Waals surface area contributed by atoms with Gasteiger partial charge in [0, 0.05) is 12.3 Å². The van der Waals surface area contributed by atoms with Crippen molar-refractivity contribution in [2.75, 3.05) is 25.1 Å². The highest BCUT2D eigenvalue weighted by Gasteiger charge is 2.20. The standard InChI is InChI=1S/C16H16F4N2O2/c1-2-23-6-7-24-9-10-4-3-5-11(8-10)21-14-12(17)15(19)22-16(20)13(14)18/h3-5,8H,2,6-7,9H2,1H3,(H,21,22). The Bertz CT molecular complexity index is 672. The van der Waals surface area contributed by atoms with Crippen LogP contribution in [0.3, 0.4) is 0 Å². The monoisotopic (exact) mass is 344 g/mol. The van der Waals surface area contributed by atoms with E-state index in [4.69, 9.17) is 9.47 Å². The highest BCUT2D eigenvalue weighted by atomic mass is 19.2. The lowest BCUT2D eigenvalue weighted by Crippen LogP contribution is -2.06. The Morgan fingerprint density at radius 1 is 1.00 bits per heavy atom. The second-order valence-corrected chi connectivity index (χ2v) is 4.77. The predicted octanol–water partition coefficient (Wildman–Crippen LogP) is 3.93. The van der Waals surface area contributed by atoms with Gasteiger partial charge in [0.25, 0.3) is 11.9 Å². The first kappa shape index (κ1) is 18.2. The van der Waals surface area contributed by atoms with Gasteiger partial charge < -0.3 is 14.8 Å². The van der Waals surface area contributed by atoms with Gasteiger partial charge >= 0.3 is 0 Å². The topological polar surface area (TPSA) is 43.4 Å². The second kappa shape index (κ2) is 8.60. The number of nitrogens with one attached hydrogen (secondary N) is 1. The largest absolute Gasteiger partial charge is 0.379 e. The van der Waals surface area contributed by atoms with Crippen molar-refractivity contribution >= 4 is 11.4 Å². The molecule has 0 atom stereocenters. The number of halogens is 4. The molecule has 24 heavy (non-hydrogen) atoms. The van der Waals surface area contributed by atoms with Gasteiger partial charge in [-0.15, -0.1) is 0 Å². The third kappa shape index (κ3) is 4.65. The number of rotatable bonds is 8. The van der Waals surface area contributed by atoms with Gasteiger partial charge in [0.2, 0.25) is 11.6 Å². The fraction of sp³-hybridized carbons (Fsp3) is 0.312. The molecule has 8 heteroatoms. The van der Waals surface area contributed by atoms with Crippen LogP contribution in [-0.2, 0) is 16.1 Å². The molecule has 0 saturated carbocycles. The Morgan fingerprint density at radius 2 is 1.67 bits per heavy atom.